The van der Waals surface area contributed by atoms with Crippen molar-refractivity contribution in [2.24, 2.45) is 5.92 Å². The molecule has 1 fully saturated rings. The van der Waals surface area contributed by atoms with Crippen LogP contribution < -0.4 is 10.2 Å². The van der Waals surface area contributed by atoms with Gasteiger partial charge < -0.3 is 10.2 Å². The molecular weight excluding hydrogens is 466 g/mol. The lowest BCUT2D eigenvalue weighted by Crippen LogP contribution is -2.34. The third kappa shape index (κ3) is 5.37. The summed E-state index contributed by atoms with van der Waals surface area (Å²) in [6.07, 6.45) is 7.59. The summed E-state index contributed by atoms with van der Waals surface area (Å²) in [5.74, 6) is -0.624. The first-order valence-electron chi connectivity index (χ1n) is 11.4. The zero-order valence-electron chi connectivity index (χ0n) is 19.4. The monoisotopic (exact) mass is 489 g/mol. The molecule has 0 saturated carbocycles. The SMILES string of the molecule is C#Cc1cc(F)c(F)cc1C(=C)Nc1cc(C#N)ccc1N1CCC(Cc2ccc(F)cc2F)CC1. The Morgan fingerprint density at radius 2 is 1.72 bits per heavy atom. The van der Waals surface area contributed by atoms with Gasteiger partial charge in [0, 0.05) is 36.0 Å². The Labute approximate surface area is 207 Å². The van der Waals surface area contributed by atoms with Crippen LogP contribution in [-0.4, -0.2) is 13.1 Å². The molecule has 0 spiro atoms. The second kappa shape index (κ2) is 10.6. The molecule has 0 radical (unpaired) electrons. The molecule has 7 heteroatoms. The van der Waals surface area contributed by atoms with Crippen LogP contribution in [0.15, 0.2) is 55.1 Å². The molecule has 0 atom stereocenters. The number of rotatable bonds is 6. The first-order valence-corrected chi connectivity index (χ1v) is 11.4. The van der Waals surface area contributed by atoms with Gasteiger partial charge in [0.1, 0.15) is 11.6 Å². The van der Waals surface area contributed by atoms with Crippen molar-refractivity contribution in [2.75, 3.05) is 23.3 Å². The first kappa shape index (κ1) is 24.9. The lowest BCUT2D eigenvalue weighted by molar-refractivity contribution is 0.397. The van der Waals surface area contributed by atoms with Crippen LogP contribution in [0.2, 0.25) is 0 Å². The maximum absolute atomic E-state index is 14.1. The molecule has 1 aliphatic heterocycles. The van der Waals surface area contributed by atoms with Crippen LogP contribution in [0.4, 0.5) is 28.9 Å². The van der Waals surface area contributed by atoms with Crippen molar-refractivity contribution in [2.45, 2.75) is 19.3 Å². The number of piperidine rings is 1. The molecule has 3 aromatic carbocycles. The van der Waals surface area contributed by atoms with Gasteiger partial charge in [-0.1, -0.05) is 18.6 Å². The second-order valence-electron chi connectivity index (χ2n) is 8.77. The van der Waals surface area contributed by atoms with Crippen LogP contribution in [0, 0.1) is 52.9 Å². The number of terminal acetylenes is 1. The van der Waals surface area contributed by atoms with Crippen molar-refractivity contribution in [1.29, 1.82) is 5.26 Å². The van der Waals surface area contributed by atoms with Crippen LogP contribution in [-0.2, 0) is 6.42 Å². The Hall–Kier alpha value is -4.23. The van der Waals surface area contributed by atoms with Gasteiger partial charge in [-0.2, -0.15) is 5.26 Å². The third-order valence-electron chi connectivity index (χ3n) is 6.43. The summed E-state index contributed by atoms with van der Waals surface area (Å²) in [7, 11) is 0. The molecule has 1 saturated heterocycles. The Kier molecular flexibility index (Phi) is 7.31. The summed E-state index contributed by atoms with van der Waals surface area (Å²) in [4.78, 5) is 2.14. The second-order valence-corrected chi connectivity index (χ2v) is 8.77. The Morgan fingerprint density at radius 3 is 2.39 bits per heavy atom. The molecule has 1 N–H and O–H groups in total. The quantitative estimate of drug-likeness (QED) is 0.312. The molecule has 3 aromatic rings. The average Bonchev–Trinajstić information content (AvgIpc) is 2.87. The summed E-state index contributed by atoms with van der Waals surface area (Å²) < 4.78 is 54.9. The highest BCUT2D eigenvalue weighted by Crippen LogP contribution is 2.34. The normalized spacial score (nSPS) is 13.7. The fraction of sp³-hybridized carbons (Fsp3) is 0.207. The van der Waals surface area contributed by atoms with E-state index >= 15 is 0 Å². The maximum Gasteiger partial charge on any atom is 0.160 e. The lowest BCUT2D eigenvalue weighted by Gasteiger charge is -2.35. The van der Waals surface area contributed by atoms with Crippen LogP contribution in [0.25, 0.3) is 5.70 Å². The minimum atomic E-state index is -1.05. The summed E-state index contributed by atoms with van der Waals surface area (Å²) in [6.45, 7) is 5.32. The van der Waals surface area contributed by atoms with Gasteiger partial charge >= 0.3 is 0 Å². The summed E-state index contributed by atoms with van der Waals surface area (Å²) >= 11 is 0. The Bertz CT molecular complexity index is 1390. The van der Waals surface area contributed by atoms with Crippen molar-refractivity contribution in [3.63, 3.8) is 0 Å². The van der Waals surface area contributed by atoms with E-state index in [-0.39, 0.29) is 22.7 Å². The molecule has 0 aliphatic carbocycles. The number of nitrogens with one attached hydrogen (secondary N) is 1. The van der Waals surface area contributed by atoms with Crippen molar-refractivity contribution in [1.82, 2.24) is 0 Å². The van der Waals surface area contributed by atoms with Gasteiger partial charge in [-0.15, -0.1) is 6.42 Å². The number of benzene rings is 3. The van der Waals surface area contributed by atoms with Crippen molar-refractivity contribution >= 4 is 17.1 Å². The predicted octanol–water partition coefficient (Wildman–Crippen LogP) is 6.64. The molecule has 36 heavy (non-hydrogen) atoms. The number of nitriles is 1. The van der Waals surface area contributed by atoms with Crippen LogP contribution in [0.5, 0.6) is 0 Å². The van der Waals surface area contributed by atoms with Gasteiger partial charge in [0.2, 0.25) is 0 Å². The highest BCUT2D eigenvalue weighted by molar-refractivity contribution is 5.85. The third-order valence-corrected chi connectivity index (χ3v) is 6.43. The highest BCUT2D eigenvalue weighted by Gasteiger charge is 2.23. The molecule has 3 nitrogen and oxygen atoms in total. The molecule has 0 amide bonds. The van der Waals surface area contributed by atoms with Crippen molar-refractivity contribution < 1.29 is 17.6 Å². The van der Waals surface area contributed by atoms with E-state index in [4.69, 9.17) is 6.42 Å². The van der Waals surface area contributed by atoms with Gasteiger partial charge in [0.25, 0.3) is 0 Å². The number of anilines is 2. The van der Waals surface area contributed by atoms with E-state index in [9.17, 15) is 22.8 Å². The largest absolute Gasteiger partial charge is 0.370 e. The summed E-state index contributed by atoms with van der Waals surface area (Å²) in [5, 5.41) is 12.5. The first-order chi connectivity index (χ1) is 17.3. The Morgan fingerprint density at radius 1 is 1.00 bits per heavy atom. The number of hydrogen-bond acceptors (Lipinski definition) is 3. The maximum atomic E-state index is 14.1. The zero-order valence-corrected chi connectivity index (χ0v) is 19.4. The minimum Gasteiger partial charge on any atom is -0.370 e. The number of halogens is 4. The zero-order chi connectivity index (χ0) is 25.8. The number of nitrogens with zero attached hydrogens (tertiary/aromatic N) is 2. The van der Waals surface area contributed by atoms with Gasteiger partial charge in [0.15, 0.2) is 11.6 Å². The van der Waals surface area contributed by atoms with E-state index in [2.05, 4.69) is 28.8 Å². The van der Waals surface area contributed by atoms with Crippen LogP contribution in [0.1, 0.15) is 35.1 Å². The standard InChI is InChI=1S/C29H23F4N3/c1-3-21-14-26(32)27(33)16-24(21)18(2)35-28-13-20(17-34)4-7-29(28)36-10-8-19(9-11-36)12-22-5-6-23(30)15-25(22)31/h1,4-7,13-16,19,35H,2,8-12H2. The van der Waals surface area contributed by atoms with Crippen LogP contribution in [0.3, 0.4) is 0 Å². The summed E-state index contributed by atoms with van der Waals surface area (Å²) in [5.41, 5.74) is 2.96. The van der Waals surface area contributed by atoms with E-state index in [0.29, 0.717) is 36.3 Å². The highest BCUT2D eigenvalue weighted by atomic mass is 19.2. The average molecular weight is 490 g/mol. The van der Waals surface area contributed by atoms with E-state index in [0.717, 1.165) is 36.7 Å². The Balaban J connectivity index is 1.52. The smallest absolute Gasteiger partial charge is 0.160 e. The molecule has 0 bridgehead atoms. The van der Waals surface area contributed by atoms with Crippen molar-refractivity contribution in [3.8, 4) is 18.4 Å². The molecular formula is C29H23F4N3. The van der Waals surface area contributed by atoms with Crippen LogP contribution >= 0.6 is 0 Å². The van der Waals surface area contributed by atoms with Crippen molar-refractivity contribution in [3.05, 3.63) is 101 Å². The van der Waals surface area contributed by atoms with Gasteiger partial charge in [-0.3, -0.25) is 0 Å². The van der Waals surface area contributed by atoms with E-state index in [1.165, 1.54) is 12.1 Å². The molecule has 0 aromatic heterocycles. The predicted molar refractivity (Wildman–Crippen MR) is 133 cm³/mol. The summed E-state index contributed by atoms with van der Waals surface area (Å²) in [6, 6.07) is 12.9. The van der Waals surface area contributed by atoms with E-state index < -0.39 is 23.3 Å². The molecule has 182 valence electrons. The molecule has 4 rings (SSSR count). The topological polar surface area (TPSA) is 39.1 Å². The molecule has 1 aliphatic rings. The van der Waals surface area contributed by atoms with E-state index in [1.807, 2.05) is 6.07 Å². The molecule has 0 unspecified atom stereocenters. The van der Waals surface area contributed by atoms with Gasteiger partial charge in [0.05, 0.1) is 23.0 Å². The fourth-order valence-electron chi connectivity index (χ4n) is 4.50. The van der Waals surface area contributed by atoms with Gasteiger partial charge in [-0.25, -0.2) is 17.6 Å². The number of hydrogen-bond donors (Lipinski definition) is 1. The molecule has 1 heterocycles. The minimum absolute atomic E-state index is 0.151. The lowest BCUT2D eigenvalue weighted by atomic mass is 9.89. The fourth-order valence-corrected chi connectivity index (χ4v) is 4.50. The van der Waals surface area contributed by atoms with Gasteiger partial charge in [-0.05, 0) is 67.1 Å². The van der Waals surface area contributed by atoms with E-state index in [1.54, 1.807) is 12.1 Å².